The molecule has 29 heavy (non-hydrogen) atoms. The van der Waals surface area contributed by atoms with Crippen LogP contribution in [0.15, 0.2) is 65.3 Å². The molecule has 0 aliphatic heterocycles. The summed E-state index contributed by atoms with van der Waals surface area (Å²) in [5, 5.41) is 4.69. The number of amides is 1. The van der Waals surface area contributed by atoms with Crippen molar-refractivity contribution in [2.75, 3.05) is 0 Å². The molecule has 0 spiro atoms. The normalized spacial score (nSPS) is 12.1. The predicted octanol–water partition coefficient (Wildman–Crippen LogP) is 5.57. The van der Waals surface area contributed by atoms with E-state index in [-0.39, 0.29) is 11.3 Å². The van der Waals surface area contributed by atoms with Crippen molar-refractivity contribution in [2.45, 2.75) is 19.9 Å². The van der Waals surface area contributed by atoms with Crippen molar-refractivity contribution < 1.29 is 18.0 Å². The fourth-order valence-electron chi connectivity index (χ4n) is 3.18. The lowest BCUT2D eigenvalue weighted by Gasteiger charge is -2.14. The largest absolute Gasteiger partial charge is 0.444 e. The molecule has 4 nitrogen and oxygen atoms in total. The fourth-order valence-corrected chi connectivity index (χ4v) is 3.18. The predicted molar refractivity (Wildman–Crippen MR) is 106 cm³/mol. The highest BCUT2D eigenvalue weighted by atomic mass is 19.1. The SMILES string of the molecule is Cc1c(F)cc([C@@H](C)NC(=O)c2coc(-c3cccc4ccccc34)n2)cc1F. The summed E-state index contributed by atoms with van der Waals surface area (Å²) in [5.41, 5.74) is 1.14. The van der Waals surface area contributed by atoms with Gasteiger partial charge in [-0.1, -0.05) is 36.4 Å². The second kappa shape index (κ2) is 7.47. The number of carbonyl (C=O) groups is 1. The van der Waals surface area contributed by atoms with Gasteiger partial charge in [0.1, 0.15) is 17.9 Å². The molecule has 6 heteroatoms. The second-order valence-corrected chi connectivity index (χ2v) is 6.87. The Morgan fingerprint density at radius 3 is 2.52 bits per heavy atom. The number of carbonyl (C=O) groups excluding carboxylic acids is 1. The number of fused-ring (bicyclic) bond motifs is 1. The Morgan fingerprint density at radius 2 is 1.76 bits per heavy atom. The lowest BCUT2D eigenvalue weighted by Crippen LogP contribution is -2.27. The van der Waals surface area contributed by atoms with Crippen LogP contribution < -0.4 is 5.32 Å². The zero-order valence-electron chi connectivity index (χ0n) is 15.9. The topological polar surface area (TPSA) is 55.1 Å². The van der Waals surface area contributed by atoms with Gasteiger partial charge in [-0.05, 0) is 48.4 Å². The highest BCUT2D eigenvalue weighted by Gasteiger charge is 2.19. The van der Waals surface area contributed by atoms with Crippen molar-refractivity contribution in [3.05, 3.63) is 89.3 Å². The molecule has 3 aromatic carbocycles. The molecule has 146 valence electrons. The Bertz CT molecular complexity index is 1190. The van der Waals surface area contributed by atoms with Crippen molar-refractivity contribution in [3.63, 3.8) is 0 Å². The summed E-state index contributed by atoms with van der Waals surface area (Å²) in [6, 6.07) is 15.4. The van der Waals surface area contributed by atoms with Crippen molar-refractivity contribution in [2.24, 2.45) is 0 Å². The van der Waals surface area contributed by atoms with Crippen molar-refractivity contribution in [3.8, 4) is 11.5 Å². The molecule has 4 aromatic rings. The Balaban J connectivity index is 1.57. The Morgan fingerprint density at radius 1 is 1.07 bits per heavy atom. The molecule has 0 bridgehead atoms. The molecule has 1 N–H and O–H groups in total. The summed E-state index contributed by atoms with van der Waals surface area (Å²) in [4.78, 5) is 16.9. The Labute approximate surface area is 166 Å². The fraction of sp³-hybridized carbons (Fsp3) is 0.130. The van der Waals surface area contributed by atoms with Crippen LogP contribution in [-0.2, 0) is 0 Å². The monoisotopic (exact) mass is 392 g/mol. The van der Waals surface area contributed by atoms with E-state index in [2.05, 4.69) is 10.3 Å². The standard InChI is InChI=1S/C23H18F2N2O2/c1-13-19(24)10-16(11-20(13)25)14(2)26-22(28)21-12-29-23(27-21)18-9-5-7-15-6-3-4-8-17(15)18/h3-12,14H,1-2H3,(H,26,28)/t14-/m1/s1. The van der Waals surface area contributed by atoms with Crippen LogP contribution in [0.3, 0.4) is 0 Å². The summed E-state index contributed by atoms with van der Waals surface area (Å²) in [6.07, 6.45) is 1.27. The number of benzene rings is 3. The van der Waals surface area contributed by atoms with E-state index in [9.17, 15) is 13.6 Å². The molecule has 1 aromatic heterocycles. The van der Waals surface area contributed by atoms with Gasteiger partial charge in [0.2, 0.25) is 5.89 Å². The van der Waals surface area contributed by atoms with Gasteiger partial charge in [0.15, 0.2) is 5.69 Å². The molecule has 1 heterocycles. The number of nitrogens with zero attached hydrogens (tertiary/aromatic N) is 1. The average molecular weight is 392 g/mol. The van der Waals surface area contributed by atoms with Crippen LogP contribution in [0.5, 0.6) is 0 Å². The van der Waals surface area contributed by atoms with E-state index in [1.165, 1.54) is 25.3 Å². The molecule has 4 rings (SSSR count). The molecular weight excluding hydrogens is 374 g/mol. The van der Waals surface area contributed by atoms with Gasteiger partial charge in [0, 0.05) is 11.1 Å². The maximum absolute atomic E-state index is 13.8. The minimum absolute atomic E-state index is 0.0523. The van der Waals surface area contributed by atoms with Crippen molar-refractivity contribution in [1.82, 2.24) is 10.3 Å². The molecule has 0 aliphatic rings. The van der Waals surface area contributed by atoms with Crippen molar-refractivity contribution >= 4 is 16.7 Å². The number of rotatable bonds is 4. The van der Waals surface area contributed by atoms with Gasteiger partial charge in [-0.15, -0.1) is 0 Å². The molecular formula is C23H18F2N2O2. The van der Waals surface area contributed by atoms with E-state index < -0.39 is 23.6 Å². The second-order valence-electron chi connectivity index (χ2n) is 6.87. The van der Waals surface area contributed by atoms with Crippen LogP contribution in [0.2, 0.25) is 0 Å². The third-order valence-corrected chi connectivity index (χ3v) is 4.91. The molecule has 1 atom stereocenters. The number of halogens is 2. The van der Waals surface area contributed by atoms with Crippen LogP contribution in [0.4, 0.5) is 8.78 Å². The first kappa shape index (κ1) is 18.8. The highest BCUT2D eigenvalue weighted by Crippen LogP contribution is 2.28. The van der Waals surface area contributed by atoms with Gasteiger partial charge in [-0.25, -0.2) is 13.8 Å². The minimum atomic E-state index is -0.652. The summed E-state index contributed by atoms with van der Waals surface area (Å²) in [6.45, 7) is 3.01. The zero-order chi connectivity index (χ0) is 20.5. The smallest absolute Gasteiger partial charge is 0.273 e. The zero-order valence-corrected chi connectivity index (χ0v) is 15.9. The van der Waals surface area contributed by atoms with Gasteiger partial charge in [0.05, 0.1) is 6.04 Å². The molecule has 0 unspecified atom stereocenters. The first-order chi connectivity index (χ1) is 13.9. The summed E-state index contributed by atoms with van der Waals surface area (Å²) in [5.74, 6) is -1.47. The van der Waals surface area contributed by atoms with Gasteiger partial charge < -0.3 is 9.73 Å². The quantitative estimate of drug-likeness (QED) is 0.494. The van der Waals surface area contributed by atoms with E-state index in [1.54, 1.807) is 6.92 Å². The lowest BCUT2D eigenvalue weighted by atomic mass is 10.0. The molecule has 0 radical (unpaired) electrons. The van der Waals surface area contributed by atoms with Gasteiger partial charge in [-0.3, -0.25) is 4.79 Å². The average Bonchev–Trinajstić information content (AvgIpc) is 3.21. The third-order valence-electron chi connectivity index (χ3n) is 4.91. The summed E-state index contributed by atoms with van der Waals surface area (Å²) < 4.78 is 33.1. The number of hydrogen-bond acceptors (Lipinski definition) is 3. The molecule has 0 saturated heterocycles. The number of hydrogen-bond donors (Lipinski definition) is 1. The maximum atomic E-state index is 13.8. The van der Waals surface area contributed by atoms with E-state index in [0.717, 1.165) is 16.3 Å². The van der Waals surface area contributed by atoms with E-state index >= 15 is 0 Å². The van der Waals surface area contributed by atoms with Gasteiger partial charge in [0.25, 0.3) is 5.91 Å². The number of oxazole rings is 1. The first-order valence-corrected chi connectivity index (χ1v) is 9.14. The first-order valence-electron chi connectivity index (χ1n) is 9.14. The van der Waals surface area contributed by atoms with Crippen LogP contribution >= 0.6 is 0 Å². The number of aromatic nitrogens is 1. The van der Waals surface area contributed by atoms with E-state index in [0.29, 0.717) is 11.5 Å². The minimum Gasteiger partial charge on any atom is -0.444 e. The maximum Gasteiger partial charge on any atom is 0.273 e. The van der Waals surface area contributed by atoms with Gasteiger partial charge in [-0.2, -0.15) is 0 Å². The van der Waals surface area contributed by atoms with E-state index in [4.69, 9.17) is 4.42 Å². The summed E-state index contributed by atoms with van der Waals surface area (Å²) >= 11 is 0. The molecule has 0 aliphatic carbocycles. The molecule has 0 saturated carbocycles. The third kappa shape index (κ3) is 3.61. The summed E-state index contributed by atoms with van der Waals surface area (Å²) in [7, 11) is 0. The van der Waals surface area contributed by atoms with Crippen LogP contribution in [0.1, 0.15) is 34.6 Å². The molecule has 0 fully saturated rings. The lowest BCUT2D eigenvalue weighted by molar-refractivity contribution is 0.0934. The van der Waals surface area contributed by atoms with Gasteiger partial charge >= 0.3 is 0 Å². The van der Waals surface area contributed by atoms with Crippen LogP contribution in [-0.4, -0.2) is 10.9 Å². The number of nitrogens with one attached hydrogen (secondary N) is 1. The van der Waals surface area contributed by atoms with E-state index in [1.807, 2.05) is 42.5 Å². The van der Waals surface area contributed by atoms with Crippen LogP contribution in [0, 0.1) is 18.6 Å². The Hall–Kier alpha value is -3.54. The Kier molecular flexibility index (Phi) is 4.84. The highest BCUT2D eigenvalue weighted by molar-refractivity contribution is 5.96. The molecule has 1 amide bonds. The van der Waals surface area contributed by atoms with Crippen LogP contribution in [0.25, 0.3) is 22.2 Å². The van der Waals surface area contributed by atoms with Crippen molar-refractivity contribution in [1.29, 1.82) is 0 Å².